The van der Waals surface area contributed by atoms with Crippen LogP contribution in [0.25, 0.3) is 0 Å². The van der Waals surface area contributed by atoms with Crippen LogP contribution < -0.4 is 10.6 Å². The van der Waals surface area contributed by atoms with E-state index in [1.54, 1.807) is 7.11 Å². The number of carbonyl (C=O) groups excluding carboxylic acids is 1. The first-order valence-electron chi connectivity index (χ1n) is 14.7. The summed E-state index contributed by atoms with van der Waals surface area (Å²) < 4.78 is 19.0. The highest BCUT2D eigenvalue weighted by Gasteiger charge is 2.32. The van der Waals surface area contributed by atoms with Gasteiger partial charge >= 0.3 is 6.03 Å². The zero-order valence-electron chi connectivity index (χ0n) is 25.0. The van der Waals surface area contributed by atoms with E-state index in [2.05, 4.69) is 73.3 Å². The van der Waals surface area contributed by atoms with E-state index in [1.807, 2.05) is 6.92 Å². The van der Waals surface area contributed by atoms with E-state index in [-0.39, 0.29) is 23.6 Å². The third kappa shape index (κ3) is 13.2. The molecule has 1 aliphatic rings. The van der Waals surface area contributed by atoms with Gasteiger partial charge < -0.3 is 20.3 Å². The molecule has 0 aromatic carbocycles. The molecule has 2 unspecified atom stereocenters. The zero-order chi connectivity index (χ0) is 27.7. The van der Waals surface area contributed by atoms with Gasteiger partial charge in [-0.25, -0.2) is 9.18 Å². The number of halogens is 1. The second-order valence-corrected chi connectivity index (χ2v) is 10.9. The lowest BCUT2D eigenvalue weighted by atomic mass is 9.74. The molecule has 0 aliphatic carbocycles. The van der Waals surface area contributed by atoms with Gasteiger partial charge in [-0.05, 0) is 64.8 Å². The Balaban J connectivity index is 2.50. The molecule has 5 atom stereocenters. The van der Waals surface area contributed by atoms with E-state index in [0.29, 0.717) is 12.6 Å². The first-order valence-corrected chi connectivity index (χ1v) is 14.7. The second-order valence-electron chi connectivity index (χ2n) is 10.9. The number of amides is 2. The van der Waals surface area contributed by atoms with E-state index >= 15 is 0 Å². The van der Waals surface area contributed by atoms with E-state index in [0.717, 1.165) is 64.0 Å². The van der Waals surface area contributed by atoms with Gasteiger partial charge in [0, 0.05) is 51.1 Å². The van der Waals surface area contributed by atoms with Crippen molar-refractivity contribution in [3.63, 3.8) is 0 Å². The molecule has 0 radical (unpaired) electrons. The lowest BCUT2D eigenvalue weighted by Gasteiger charge is -2.36. The number of nitrogens with one attached hydrogen (secondary N) is 2. The normalized spacial score (nSPS) is 20.9. The minimum Gasteiger partial charge on any atom is -0.378 e. The third-order valence-electron chi connectivity index (χ3n) is 8.08. The average molecular weight is 525 g/mol. The first kappa shape index (κ1) is 33.4. The van der Waals surface area contributed by atoms with Gasteiger partial charge in [-0.15, -0.1) is 0 Å². The standard InChI is InChI=1S/C30H57FN4O2/c1-8-11-13-19-30(6,20-14-12-16-25(4)37-7)26(5)33-29(36)32-21-15-22-34(9-2)27(23-31)17-18-28-24-35(28)10-3/h12,16-17,25-26,28H,8-11,13-15,18-24H2,1-7H3,(H2,32,33,36)/b16-12-,27-17+/t25?,26-,28-,30+,35?/m1/s1. The van der Waals surface area contributed by atoms with Crippen LogP contribution in [0.2, 0.25) is 0 Å². The zero-order valence-corrected chi connectivity index (χ0v) is 25.0. The molecule has 2 amide bonds. The molecule has 0 bridgehead atoms. The van der Waals surface area contributed by atoms with E-state index < -0.39 is 6.67 Å². The van der Waals surface area contributed by atoms with Gasteiger partial charge in [-0.2, -0.15) is 0 Å². The van der Waals surface area contributed by atoms with Crippen LogP contribution in [0.1, 0.15) is 92.9 Å². The fraction of sp³-hybridized carbons (Fsp3) is 0.833. The summed E-state index contributed by atoms with van der Waals surface area (Å²) in [5.41, 5.74) is 0.808. The smallest absolute Gasteiger partial charge is 0.315 e. The number of likely N-dealkylation sites (N-methyl/N-ethyl adjacent to an activating group) is 1. The highest BCUT2D eigenvalue weighted by atomic mass is 19.1. The molecule has 216 valence electrons. The summed E-state index contributed by atoms with van der Waals surface area (Å²) in [5.74, 6) is 0. The van der Waals surface area contributed by atoms with Crippen LogP contribution in [0.15, 0.2) is 23.9 Å². The van der Waals surface area contributed by atoms with Gasteiger partial charge in [0.1, 0.15) is 6.67 Å². The molecule has 1 aliphatic heterocycles. The lowest BCUT2D eigenvalue weighted by Crippen LogP contribution is -2.48. The summed E-state index contributed by atoms with van der Waals surface area (Å²) in [5, 5.41) is 6.23. The molecule has 0 aromatic heterocycles. The minimum atomic E-state index is -0.436. The van der Waals surface area contributed by atoms with Gasteiger partial charge in [0.15, 0.2) is 0 Å². The van der Waals surface area contributed by atoms with Gasteiger partial charge in [-0.3, -0.25) is 4.90 Å². The number of nitrogens with zero attached hydrogens (tertiary/aromatic N) is 2. The Bertz CT molecular complexity index is 686. The van der Waals surface area contributed by atoms with Crippen LogP contribution in [0.5, 0.6) is 0 Å². The minimum absolute atomic E-state index is 0.0297. The van der Waals surface area contributed by atoms with Crippen molar-refractivity contribution < 1.29 is 13.9 Å². The number of carbonyl (C=O) groups is 1. The molecule has 0 spiro atoms. The van der Waals surface area contributed by atoms with Crippen molar-refractivity contribution in [2.45, 2.75) is 111 Å². The summed E-state index contributed by atoms with van der Waals surface area (Å²) in [6, 6.07) is 0.529. The number of hydrogen-bond donors (Lipinski definition) is 2. The summed E-state index contributed by atoms with van der Waals surface area (Å²) in [7, 11) is 1.72. The van der Waals surface area contributed by atoms with Crippen molar-refractivity contribution in [3.8, 4) is 0 Å². The Labute approximate surface area is 227 Å². The molecule has 7 heteroatoms. The molecule has 37 heavy (non-hydrogen) atoms. The maximum atomic E-state index is 13.7. The van der Waals surface area contributed by atoms with Crippen molar-refractivity contribution >= 4 is 6.03 Å². The van der Waals surface area contributed by atoms with Crippen molar-refractivity contribution in [1.82, 2.24) is 20.4 Å². The summed E-state index contributed by atoms with van der Waals surface area (Å²) in [6.07, 6.45) is 14.9. The Morgan fingerprint density at radius 1 is 1.22 bits per heavy atom. The largest absolute Gasteiger partial charge is 0.378 e. The topological polar surface area (TPSA) is 56.6 Å². The van der Waals surface area contributed by atoms with Crippen molar-refractivity contribution in [2.24, 2.45) is 5.41 Å². The van der Waals surface area contributed by atoms with Crippen molar-refractivity contribution in [3.05, 3.63) is 23.9 Å². The van der Waals surface area contributed by atoms with Crippen LogP contribution in [0.4, 0.5) is 9.18 Å². The van der Waals surface area contributed by atoms with Crippen LogP contribution in [-0.4, -0.2) is 80.5 Å². The summed E-state index contributed by atoms with van der Waals surface area (Å²) >= 11 is 0. The van der Waals surface area contributed by atoms with Gasteiger partial charge in [-0.1, -0.05) is 58.3 Å². The lowest BCUT2D eigenvalue weighted by molar-refractivity contribution is 0.155. The maximum absolute atomic E-state index is 13.7. The molecule has 1 heterocycles. The van der Waals surface area contributed by atoms with Gasteiger partial charge in [0.05, 0.1) is 6.10 Å². The Hall–Kier alpha value is -1.60. The first-order chi connectivity index (χ1) is 17.7. The van der Waals surface area contributed by atoms with Gasteiger partial charge in [0.25, 0.3) is 0 Å². The van der Waals surface area contributed by atoms with Crippen LogP contribution in [0, 0.1) is 5.41 Å². The number of unbranched alkanes of at least 4 members (excludes halogenated alkanes) is 2. The molecule has 1 rings (SSSR count). The second kappa shape index (κ2) is 18.6. The highest BCUT2D eigenvalue weighted by molar-refractivity contribution is 5.74. The predicted molar refractivity (Wildman–Crippen MR) is 155 cm³/mol. The molecule has 0 aromatic rings. The number of alkyl halides is 1. The molecule has 1 saturated heterocycles. The monoisotopic (exact) mass is 524 g/mol. The number of allylic oxidation sites excluding steroid dienone is 2. The van der Waals surface area contributed by atoms with Crippen molar-refractivity contribution in [1.29, 1.82) is 0 Å². The summed E-state index contributed by atoms with van der Waals surface area (Å²) in [4.78, 5) is 17.2. The number of methoxy groups -OCH3 is 1. The maximum Gasteiger partial charge on any atom is 0.315 e. The van der Waals surface area contributed by atoms with E-state index in [1.165, 1.54) is 19.3 Å². The number of hydrogen-bond acceptors (Lipinski definition) is 4. The molecular formula is C30H57FN4O2. The molecule has 0 saturated carbocycles. The van der Waals surface area contributed by atoms with Gasteiger partial charge in [0.2, 0.25) is 0 Å². The predicted octanol–water partition coefficient (Wildman–Crippen LogP) is 6.29. The Morgan fingerprint density at radius 3 is 2.57 bits per heavy atom. The fourth-order valence-electron chi connectivity index (χ4n) is 4.89. The van der Waals surface area contributed by atoms with Crippen LogP contribution >= 0.6 is 0 Å². The molecule has 2 N–H and O–H groups in total. The van der Waals surface area contributed by atoms with E-state index in [9.17, 15) is 9.18 Å². The van der Waals surface area contributed by atoms with E-state index in [4.69, 9.17) is 4.74 Å². The summed E-state index contributed by atoms with van der Waals surface area (Å²) in [6.45, 7) is 16.7. The van der Waals surface area contributed by atoms with Crippen LogP contribution in [-0.2, 0) is 4.74 Å². The van der Waals surface area contributed by atoms with Crippen LogP contribution in [0.3, 0.4) is 0 Å². The highest BCUT2D eigenvalue weighted by Crippen LogP contribution is 2.34. The Kier molecular flexibility index (Phi) is 16.8. The number of urea groups is 1. The Morgan fingerprint density at radius 2 is 1.97 bits per heavy atom. The number of rotatable bonds is 21. The SMILES string of the molecule is CCCCC[C@@](C)(CC/C=C\C(C)OC)[C@@H](C)NC(=O)NCCCN(CC)/C(=C/C[C@@H]1CN1CC)CF. The van der Waals surface area contributed by atoms with Crippen molar-refractivity contribution in [2.75, 3.05) is 46.5 Å². The quantitative estimate of drug-likeness (QED) is 0.105. The molecule has 1 fully saturated rings. The average Bonchev–Trinajstić information content (AvgIpc) is 3.66. The fourth-order valence-corrected chi connectivity index (χ4v) is 4.89. The third-order valence-corrected chi connectivity index (χ3v) is 8.08. The number of ether oxygens (including phenoxy) is 1. The molecule has 6 nitrogen and oxygen atoms in total. The molecular weight excluding hydrogens is 467 g/mol.